The van der Waals surface area contributed by atoms with Crippen molar-refractivity contribution in [1.29, 1.82) is 0 Å². The Balaban J connectivity index is 1.98. The Morgan fingerprint density at radius 3 is 2.11 bits per heavy atom. The molecule has 17 heteroatoms. The van der Waals surface area contributed by atoms with Gasteiger partial charge in [0.05, 0.1) is 31.6 Å². The van der Waals surface area contributed by atoms with Gasteiger partial charge in [-0.15, -0.1) is 5.10 Å². The van der Waals surface area contributed by atoms with Crippen LogP contribution in [0, 0.1) is 0 Å². The van der Waals surface area contributed by atoms with Crippen LogP contribution in [0.4, 0.5) is 13.2 Å². The molecule has 248 valence electrons. The third-order valence-electron chi connectivity index (χ3n) is 6.20. The molecule has 1 aliphatic heterocycles. The first-order valence-corrected chi connectivity index (χ1v) is 13.7. The van der Waals surface area contributed by atoms with Crippen molar-refractivity contribution in [2.75, 3.05) is 0 Å². The molecule has 2 aromatic rings. The summed E-state index contributed by atoms with van der Waals surface area (Å²) >= 11 is 0. The molecule has 1 fully saturated rings. The second-order valence-electron chi connectivity index (χ2n) is 11.2. The van der Waals surface area contributed by atoms with Gasteiger partial charge in [-0.1, -0.05) is 11.3 Å². The highest BCUT2D eigenvalue weighted by Gasteiger charge is 2.54. The Kier molecular flexibility index (Phi) is 11.3. The van der Waals surface area contributed by atoms with Crippen LogP contribution in [0.2, 0.25) is 0 Å². The summed E-state index contributed by atoms with van der Waals surface area (Å²) in [6, 6.07) is 3.33. The molecule has 1 amide bonds. The smallest absolute Gasteiger partial charge is 0.456 e. The Morgan fingerprint density at radius 2 is 1.56 bits per heavy atom. The van der Waals surface area contributed by atoms with E-state index in [0.29, 0.717) is 16.8 Å². The summed E-state index contributed by atoms with van der Waals surface area (Å²) < 4.78 is 68.0. The lowest BCUT2D eigenvalue weighted by molar-refractivity contribution is -0.269. The van der Waals surface area contributed by atoms with Gasteiger partial charge < -0.3 is 34.1 Å². The molecule has 2 N–H and O–H groups in total. The van der Waals surface area contributed by atoms with Crippen molar-refractivity contribution in [1.82, 2.24) is 20.3 Å². The van der Waals surface area contributed by atoms with E-state index in [1.165, 1.54) is 10.9 Å². The van der Waals surface area contributed by atoms with Crippen LogP contribution in [0.5, 0.6) is 0 Å². The average Bonchev–Trinajstić information content (AvgIpc) is 3.38. The Morgan fingerprint density at radius 1 is 0.956 bits per heavy atom. The number of hydrogen-bond acceptors (Lipinski definition) is 12. The van der Waals surface area contributed by atoms with Crippen molar-refractivity contribution in [3.8, 4) is 11.3 Å². The molecular weight excluding hydrogens is 609 g/mol. The van der Waals surface area contributed by atoms with E-state index in [9.17, 15) is 37.5 Å². The van der Waals surface area contributed by atoms with Crippen LogP contribution in [0.1, 0.15) is 52.7 Å². The fourth-order valence-corrected chi connectivity index (χ4v) is 4.46. The van der Waals surface area contributed by atoms with Gasteiger partial charge in [0.25, 0.3) is 0 Å². The average molecular weight is 645 g/mol. The summed E-state index contributed by atoms with van der Waals surface area (Å²) in [6.07, 6.45) is -10.5. The number of aliphatic hydroxyl groups excluding tert-OH is 1. The molecule has 5 unspecified atom stereocenters. The number of ether oxygens (including phenoxy) is 5. The van der Waals surface area contributed by atoms with Crippen molar-refractivity contribution < 1.29 is 61.1 Å². The summed E-state index contributed by atoms with van der Waals surface area (Å²) in [6.45, 7) is 8.30. The van der Waals surface area contributed by atoms with Gasteiger partial charge in [-0.25, -0.2) is 4.68 Å². The van der Waals surface area contributed by atoms with Crippen molar-refractivity contribution >= 4 is 23.8 Å². The van der Waals surface area contributed by atoms with Crippen LogP contribution in [0.15, 0.2) is 24.4 Å². The lowest BCUT2D eigenvalue weighted by Crippen LogP contribution is -2.67. The lowest BCUT2D eigenvalue weighted by atomic mass is 9.95. The molecule has 5 atom stereocenters. The van der Waals surface area contributed by atoms with Crippen LogP contribution >= 0.6 is 0 Å². The molecule has 0 spiro atoms. The number of nitrogens with one attached hydrogen (secondary N) is 1. The van der Waals surface area contributed by atoms with E-state index in [1.54, 1.807) is 23.5 Å². The van der Waals surface area contributed by atoms with Crippen LogP contribution < -0.4 is 5.32 Å². The largest absolute Gasteiger partial charge is 0.471 e. The number of alkyl halides is 3. The van der Waals surface area contributed by atoms with E-state index in [-0.39, 0.29) is 19.8 Å². The molecule has 3 rings (SSSR count). The summed E-state index contributed by atoms with van der Waals surface area (Å²) in [5.41, 5.74) is 1.85. The van der Waals surface area contributed by atoms with Crippen molar-refractivity contribution in [3.63, 3.8) is 0 Å². The third kappa shape index (κ3) is 10.2. The number of carbonyl (C=O) groups excluding carboxylic acids is 4. The minimum absolute atomic E-state index is 0.250. The van der Waals surface area contributed by atoms with E-state index in [1.807, 2.05) is 20.8 Å². The zero-order valence-corrected chi connectivity index (χ0v) is 25.4. The quantitative estimate of drug-likeness (QED) is 0.284. The van der Waals surface area contributed by atoms with Gasteiger partial charge in [0.15, 0.2) is 12.2 Å². The van der Waals surface area contributed by atoms with Crippen molar-refractivity contribution in [2.45, 2.75) is 104 Å². The maximum absolute atomic E-state index is 13.2. The van der Waals surface area contributed by atoms with E-state index in [0.717, 1.165) is 26.3 Å². The number of rotatable bonds is 10. The maximum Gasteiger partial charge on any atom is 0.471 e. The summed E-state index contributed by atoms with van der Waals surface area (Å²) in [7, 11) is 0. The maximum atomic E-state index is 13.2. The molecule has 0 aliphatic carbocycles. The first kappa shape index (κ1) is 35.4. The topological polar surface area (TPSA) is 177 Å². The Bertz CT molecular complexity index is 1390. The number of carbonyl (C=O) groups is 4. The second-order valence-corrected chi connectivity index (χ2v) is 11.2. The van der Waals surface area contributed by atoms with Gasteiger partial charge in [-0.05, 0) is 44.0 Å². The predicted molar refractivity (Wildman–Crippen MR) is 145 cm³/mol. The van der Waals surface area contributed by atoms with Crippen LogP contribution in [0.25, 0.3) is 11.3 Å². The van der Waals surface area contributed by atoms with Gasteiger partial charge >= 0.3 is 30.0 Å². The molecule has 2 heterocycles. The molecule has 45 heavy (non-hydrogen) atoms. The highest BCUT2D eigenvalue weighted by atomic mass is 19.4. The fourth-order valence-electron chi connectivity index (χ4n) is 4.46. The van der Waals surface area contributed by atoms with Crippen molar-refractivity contribution in [2.24, 2.45) is 0 Å². The first-order chi connectivity index (χ1) is 20.9. The molecule has 1 aliphatic rings. The van der Waals surface area contributed by atoms with Crippen molar-refractivity contribution in [3.05, 3.63) is 35.5 Å². The van der Waals surface area contributed by atoms with Gasteiger partial charge in [0.1, 0.15) is 17.8 Å². The van der Waals surface area contributed by atoms with Gasteiger partial charge in [0, 0.05) is 26.3 Å². The molecule has 14 nitrogen and oxygen atoms in total. The number of aromatic nitrogens is 3. The van der Waals surface area contributed by atoms with Crippen LogP contribution in [-0.2, 0) is 62.6 Å². The zero-order chi connectivity index (χ0) is 33.7. The highest BCUT2D eigenvalue weighted by molar-refractivity contribution is 5.82. The summed E-state index contributed by atoms with van der Waals surface area (Å²) in [5.74, 6) is -5.34. The zero-order valence-electron chi connectivity index (χ0n) is 25.4. The number of amides is 1. The first-order valence-electron chi connectivity index (χ1n) is 13.7. The molecular formula is C28H35F3N4O10. The normalized spacial score (nSPS) is 22.0. The second kappa shape index (κ2) is 14.3. The molecule has 0 saturated carbocycles. The minimum atomic E-state index is -5.36. The number of halogens is 3. The van der Waals surface area contributed by atoms with Gasteiger partial charge in [0.2, 0.25) is 6.29 Å². The predicted octanol–water partition coefficient (Wildman–Crippen LogP) is 1.95. The fraction of sp³-hybridized carbons (Fsp3) is 0.571. The van der Waals surface area contributed by atoms with Crippen LogP contribution in [-0.4, -0.2) is 86.3 Å². The SMILES string of the molecule is CC(=O)OC1OC(Cn2cc(-c3cc(CO)cc(COC(C)(C)C)c3)nn2)C(OC(C)=O)C(OC(C)=O)C1NC(=O)C(F)(F)F. The van der Waals surface area contributed by atoms with E-state index in [4.69, 9.17) is 23.7 Å². The molecule has 1 aromatic carbocycles. The Labute approximate surface area is 256 Å². The third-order valence-corrected chi connectivity index (χ3v) is 6.20. The van der Waals surface area contributed by atoms with E-state index < -0.39 is 66.2 Å². The highest BCUT2D eigenvalue weighted by Crippen LogP contribution is 2.30. The van der Waals surface area contributed by atoms with Crippen LogP contribution in [0.3, 0.4) is 0 Å². The van der Waals surface area contributed by atoms with E-state index in [2.05, 4.69) is 10.3 Å². The lowest BCUT2D eigenvalue weighted by Gasteiger charge is -2.44. The number of hydrogen-bond donors (Lipinski definition) is 2. The standard InChI is InChI=1S/C28H35F3N4O10/c1-14(37)42-23-21(45-25(44-16(3)39)22(24(23)43-15(2)38)32-26(40)28(29,30)31)11-35-10-20(33-34-35)19-8-17(12-36)7-18(9-19)13-41-27(4,5)6/h7-10,21-25,36H,11-13H2,1-6H3,(H,32,40). The molecule has 1 saturated heterocycles. The van der Waals surface area contributed by atoms with E-state index >= 15 is 0 Å². The molecule has 0 radical (unpaired) electrons. The minimum Gasteiger partial charge on any atom is -0.456 e. The van der Waals surface area contributed by atoms with Gasteiger partial charge in [-0.2, -0.15) is 13.2 Å². The summed E-state index contributed by atoms with van der Waals surface area (Å²) in [4.78, 5) is 47.8. The van der Waals surface area contributed by atoms with Gasteiger partial charge in [-0.3, -0.25) is 19.2 Å². The summed E-state index contributed by atoms with van der Waals surface area (Å²) in [5, 5.41) is 19.6. The number of benzene rings is 1. The number of esters is 3. The number of nitrogens with zero attached hydrogens (tertiary/aromatic N) is 3. The Hall–Kier alpha value is -4.09. The monoisotopic (exact) mass is 644 g/mol. The molecule has 0 bridgehead atoms. The molecule has 1 aromatic heterocycles. The number of aliphatic hydroxyl groups is 1.